The summed E-state index contributed by atoms with van der Waals surface area (Å²) in [7, 11) is 1.59. The molecule has 0 bridgehead atoms. The Morgan fingerprint density at radius 1 is 1.42 bits per heavy atom. The SMILES string of the molecule is C=C/C=C(\C=C)C1NC(=O)NC(COC)=C1C.C=O. The fourth-order valence-electron chi connectivity index (χ4n) is 1.73. The average Bonchev–Trinajstić information content (AvgIpc) is 2.42. The monoisotopic (exact) mass is 264 g/mol. The fraction of sp³-hybridized carbons (Fsp3) is 0.286. The van der Waals surface area contributed by atoms with Crippen LogP contribution in [0.25, 0.3) is 0 Å². The van der Waals surface area contributed by atoms with Gasteiger partial charge in [0.2, 0.25) is 0 Å². The summed E-state index contributed by atoms with van der Waals surface area (Å²) in [4.78, 5) is 19.5. The Balaban J connectivity index is 0.00000154. The molecule has 0 spiro atoms. The highest BCUT2D eigenvalue weighted by atomic mass is 16.5. The van der Waals surface area contributed by atoms with Crippen LogP contribution in [0.4, 0.5) is 4.79 Å². The number of hydrogen-bond donors (Lipinski definition) is 2. The molecule has 0 saturated heterocycles. The van der Waals surface area contributed by atoms with E-state index in [1.54, 1.807) is 19.3 Å². The lowest BCUT2D eigenvalue weighted by atomic mass is 9.96. The minimum absolute atomic E-state index is 0.176. The highest BCUT2D eigenvalue weighted by Gasteiger charge is 2.25. The second-order valence-electron chi connectivity index (χ2n) is 3.73. The van der Waals surface area contributed by atoms with E-state index in [0.29, 0.717) is 6.61 Å². The molecule has 5 nitrogen and oxygen atoms in total. The van der Waals surface area contributed by atoms with E-state index in [2.05, 4.69) is 23.8 Å². The summed E-state index contributed by atoms with van der Waals surface area (Å²) in [5, 5.41) is 5.57. The first-order chi connectivity index (χ1) is 9.13. The molecule has 1 aliphatic rings. The summed E-state index contributed by atoms with van der Waals surface area (Å²) < 4.78 is 5.06. The number of amides is 2. The van der Waals surface area contributed by atoms with E-state index >= 15 is 0 Å². The van der Waals surface area contributed by atoms with Crippen molar-refractivity contribution in [2.45, 2.75) is 13.0 Å². The molecule has 0 aromatic rings. The smallest absolute Gasteiger partial charge is 0.319 e. The zero-order chi connectivity index (χ0) is 14.8. The van der Waals surface area contributed by atoms with Crippen molar-refractivity contribution in [3.63, 3.8) is 0 Å². The van der Waals surface area contributed by atoms with Gasteiger partial charge in [-0.1, -0.05) is 31.4 Å². The number of ether oxygens (including phenoxy) is 1. The number of rotatable bonds is 5. The van der Waals surface area contributed by atoms with E-state index in [4.69, 9.17) is 9.53 Å². The zero-order valence-corrected chi connectivity index (χ0v) is 11.4. The number of carbonyl (C=O) groups excluding carboxylic acids is 2. The molecule has 2 amide bonds. The van der Waals surface area contributed by atoms with Gasteiger partial charge in [0, 0.05) is 12.8 Å². The molecular weight excluding hydrogens is 244 g/mol. The molecule has 0 aliphatic carbocycles. The maximum absolute atomic E-state index is 11.5. The van der Waals surface area contributed by atoms with E-state index in [9.17, 15) is 4.79 Å². The van der Waals surface area contributed by atoms with Crippen molar-refractivity contribution >= 4 is 12.8 Å². The number of hydrogen-bond acceptors (Lipinski definition) is 3. The van der Waals surface area contributed by atoms with Gasteiger partial charge >= 0.3 is 6.03 Å². The molecule has 5 heteroatoms. The van der Waals surface area contributed by atoms with Gasteiger partial charge in [0.15, 0.2) is 0 Å². The molecule has 0 aromatic carbocycles. The van der Waals surface area contributed by atoms with Crippen molar-refractivity contribution in [1.82, 2.24) is 10.6 Å². The Kier molecular flexibility index (Phi) is 7.88. The molecule has 2 N–H and O–H groups in total. The summed E-state index contributed by atoms with van der Waals surface area (Å²) in [6.45, 7) is 11.7. The quantitative estimate of drug-likeness (QED) is 0.743. The predicted molar refractivity (Wildman–Crippen MR) is 75.6 cm³/mol. The van der Waals surface area contributed by atoms with Gasteiger partial charge in [-0.05, 0) is 18.1 Å². The standard InChI is InChI=1S/C13H18N2O2.CH2O/c1-5-7-10(6-2)12-9(3)11(8-17-4)14-13(16)15-12;1-2/h5-7,12H,1-2,8H2,3-4H3,(H2,14,15,16);1H2/b10-7+;. The number of urea groups is 1. The zero-order valence-electron chi connectivity index (χ0n) is 11.4. The third-order valence-electron chi connectivity index (χ3n) is 2.62. The molecule has 0 aromatic heterocycles. The third-order valence-corrected chi connectivity index (χ3v) is 2.62. The highest BCUT2D eigenvalue weighted by molar-refractivity contribution is 5.79. The number of allylic oxidation sites excluding steroid dienone is 2. The second kappa shape index (κ2) is 8.88. The van der Waals surface area contributed by atoms with Crippen LogP contribution in [0.15, 0.2) is 48.2 Å². The van der Waals surface area contributed by atoms with E-state index in [1.165, 1.54) is 0 Å². The first kappa shape index (κ1) is 16.9. The lowest BCUT2D eigenvalue weighted by Crippen LogP contribution is -2.49. The molecule has 1 aliphatic heterocycles. The van der Waals surface area contributed by atoms with Crippen molar-refractivity contribution in [3.05, 3.63) is 48.2 Å². The molecule has 0 radical (unpaired) electrons. The molecule has 1 unspecified atom stereocenters. The Hall–Kier alpha value is -2.14. The Labute approximate surface area is 113 Å². The summed E-state index contributed by atoms with van der Waals surface area (Å²) in [6, 6.07) is -0.408. The van der Waals surface area contributed by atoms with Gasteiger partial charge in [-0.2, -0.15) is 0 Å². The van der Waals surface area contributed by atoms with Crippen LogP contribution in [-0.2, 0) is 9.53 Å². The number of methoxy groups -OCH3 is 1. The molecule has 0 fully saturated rings. The van der Waals surface area contributed by atoms with E-state index in [0.717, 1.165) is 16.8 Å². The van der Waals surface area contributed by atoms with E-state index in [-0.39, 0.29) is 12.1 Å². The van der Waals surface area contributed by atoms with Gasteiger partial charge < -0.3 is 20.2 Å². The normalized spacial score (nSPS) is 18.7. The van der Waals surface area contributed by atoms with Crippen molar-refractivity contribution < 1.29 is 14.3 Å². The first-order valence-corrected chi connectivity index (χ1v) is 5.64. The van der Waals surface area contributed by atoms with E-state index < -0.39 is 0 Å². The van der Waals surface area contributed by atoms with Gasteiger partial charge in [0.05, 0.1) is 12.6 Å². The molecule has 0 saturated carbocycles. The topological polar surface area (TPSA) is 67.4 Å². The predicted octanol–water partition coefficient (Wildman–Crippen LogP) is 1.70. The second-order valence-corrected chi connectivity index (χ2v) is 3.73. The van der Waals surface area contributed by atoms with Crippen LogP contribution in [0.3, 0.4) is 0 Å². The first-order valence-electron chi connectivity index (χ1n) is 5.64. The van der Waals surface area contributed by atoms with Gasteiger partial charge in [-0.3, -0.25) is 0 Å². The average molecular weight is 264 g/mol. The minimum atomic E-state index is -0.232. The summed E-state index contributed by atoms with van der Waals surface area (Å²) in [5.74, 6) is 0. The largest absolute Gasteiger partial charge is 0.378 e. The summed E-state index contributed by atoms with van der Waals surface area (Å²) >= 11 is 0. The molecule has 1 heterocycles. The fourth-order valence-corrected chi connectivity index (χ4v) is 1.73. The Morgan fingerprint density at radius 3 is 2.53 bits per heavy atom. The van der Waals surface area contributed by atoms with E-state index in [1.807, 2.05) is 19.8 Å². The third kappa shape index (κ3) is 4.56. The molecular formula is C14H20N2O3. The summed E-state index contributed by atoms with van der Waals surface area (Å²) in [6.07, 6.45) is 5.22. The number of carbonyl (C=O) groups is 2. The summed E-state index contributed by atoms with van der Waals surface area (Å²) in [5.41, 5.74) is 2.71. The minimum Gasteiger partial charge on any atom is -0.378 e. The molecule has 19 heavy (non-hydrogen) atoms. The Bertz CT molecular complexity index is 411. The number of nitrogens with one attached hydrogen (secondary N) is 2. The van der Waals surface area contributed by atoms with Crippen LogP contribution in [-0.4, -0.2) is 32.6 Å². The lowest BCUT2D eigenvalue weighted by molar-refractivity contribution is -0.0979. The van der Waals surface area contributed by atoms with Crippen molar-refractivity contribution in [2.75, 3.05) is 13.7 Å². The van der Waals surface area contributed by atoms with Crippen LogP contribution in [0.2, 0.25) is 0 Å². The maximum Gasteiger partial charge on any atom is 0.319 e. The van der Waals surface area contributed by atoms with Crippen molar-refractivity contribution in [2.24, 2.45) is 0 Å². The van der Waals surface area contributed by atoms with Crippen LogP contribution < -0.4 is 10.6 Å². The molecule has 1 atom stereocenters. The van der Waals surface area contributed by atoms with Crippen LogP contribution in [0.1, 0.15) is 6.92 Å². The van der Waals surface area contributed by atoms with Gasteiger partial charge in [-0.15, -0.1) is 0 Å². The lowest BCUT2D eigenvalue weighted by Gasteiger charge is -2.29. The molecule has 1 rings (SSSR count). The van der Waals surface area contributed by atoms with Crippen LogP contribution in [0, 0.1) is 0 Å². The van der Waals surface area contributed by atoms with Crippen LogP contribution in [0.5, 0.6) is 0 Å². The highest BCUT2D eigenvalue weighted by Crippen LogP contribution is 2.19. The van der Waals surface area contributed by atoms with Gasteiger partial charge in [-0.25, -0.2) is 4.79 Å². The maximum atomic E-state index is 11.5. The van der Waals surface area contributed by atoms with Gasteiger partial charge in [0.1, 0.15) is 6.79 Å². The van der Waals surface area contributed by atoms with Crippen molar-refractivity contribution in [3.8, 4) is 0 Å². The molecule has 104 valence electrons. The Morgan fingerprint density at radius 2 is 2.05 bits per heavy atom. The van der Waals surface area contributed by atoms with Gasteiger partial charge in [0.25, 0.3) is 0 Å². The van der Waals surface area contributed by atoms with Crippen molar-refractivity contribution in [1.29, 1.82) is 0 Å². The van der Waals surface area contributed by atoms with Crippen LogP contribution >= 0.6 is 0 Å².